The van der Waals surface area contributed by atoms with Gasteiger partial charge in [-0.25, -0.2) is 0 Å². The molecule has 6 heteroatoms. The lowest BCUT2D eigenvalue weighted by Crippen LogP contribution is -2.50. The molecule has 5 nitrogen and oxygen atoms in total. The van der Waals surface area contributed by atoms with Gasteiger partial charge in [0.2, 0.25) is 5.91 Å². The largest absolute Gasteiger partial charge is 0.497 e. The number of methoxy groups -OCH3 is 1. The Bertz CT molecular complexity index is 902. The molecule has 3 rings (SSSR count). The minimum atomic E-state index is -0.0647. The molecule has 0 atom stereocenters. The van der Waals surface area contributed by atoms with Crippen molar-refractivity contribution < 1.29 is 14.3 Å². The highest BCUT2D eigenvalue weighted by molar-refractivity contribution is 6.31. The first-order valence-electron chi connectivity index (χ1n) is 9.14. The quantitative estimate of drug-likeness (QED) is 0.738. The summed E-state index contributed by atoms with van der Waals surface area (Å²) in [5.41, 5.74) is 2.48. The molecule has 2 aromatic carbocycles. The molecule has 1 fully saturated rings. The van der Waals surface area contributed by atoms with Crippen LogP contribution in [-0.4, -0.2) is 54.9 Å². The molecular formula is C22H23ClN2O3. The molecule has 0 saturated carbocycles. The molecule has 146 valence electrons. The van der Waals surface area contributed by atoms with E-state index >= 15 is 0 Å². The van der Waals surface area contributed by atoms with E-state index in [-0.39, 0.29) is 11.8 Å². The lowest BCUT2D eigenvalue weighted by atomic mass is 10.1. The fourth-order valence-corrected chi connectivity index (χ4v) is 3.24. The van der Waals surface area contributed by atoms with E-state index in [1.165, 1.54) is 0 Å². The summed E-state index contributed by atoms with van der Waals surface area (Å²) < 4.78 is 5.18. The number of nitrogens with zero attached hydrogens (tertiary/aromatic N) is 2. The number of rotatable bonds is 4. The maximum atomic E-state index is 12.7. The third-order valence-electron chi connectivity index (χ3n) is 4.81. The lowest BCUT2D eigenvalue weighted by Gasteiger charge is -2.34. The maximum Gasteiger partial charge on any atom is 0.254 e. The van der Waals surface area contributed by atoms with Gasteiger partial charge in [0, 0.05) is 42.8 Å². The zero-order chi connectivity index (χ0) is 20.1. The molecule has 2 aromatic rings. The van der Waals surface area contributed by atoms with Crippen LogP contribution in [0.3, 0.4) is 0 Å². The number of hydrogen-bond donors (Lipinski definition) is 0. The number of piperazine rings is 1. The molecule has 0 N–H and O–H groups in total. The van der Waals surface area contributed by atoms with Gasteiger partial charge in [0.05, 0.1) is 7.11 Å². The van der Waals surface area contributed by atoms with Crippen molar-refractivity contribution in [3.05, 3.63) is 70.3 Å². The number of aryl methyl sites for hydroxylation is 1. The van der Waals surface area contributed by atoms with Gasteiger partial charge in [-0.05, 0) is 48.4 Å². The minimum Gasteiger partial charge on any atom is -0.497 e. The molecule has 1 heterocycles. The van der Waals surface area contributed by atoms with E-state index in [0.717, 1.165) is 11.1 Å². The molecule has 0 spiro atoms. The molecule has 1 aliphatic rings. The zero-order valence-corrected chi connectivity index (χ0v) is 16.8. The van der Waals surface area contributed by atoms with Crippen LogP contribution in [0, 0.1) is 6.92 Å². The summed E-state index contributed by atoms with van der Waals surface area (Å²) in [7, 11) is 1.58. The van der Waals surface area contributed by atoms with Crippen LogP contribution in [0.4, 0.5) is 0 Å². The van der Waals surface area contributed by atoms with Crippen molar-refractivity contribution in [2.75, 3.05) is 33.3 Å². The Morgan fingerprint density at radius 1 is 1.04 bits per heavy atom. The SMILES string of the molecule is COc1cccc(C(=O)N2CCN(C(=O)/C=C/c3ccc(C)c(Cl)c3)CC2)c1. The normalized spacial score (nSPS) is 14.4. The number of hydrogen-bond acceptors (Lipinski definition) is 3. The molecular weight excluding hydrogens is 376 g/mol. The fourth-order valence-electron chi connectivity index (χ4n) is 3.05. The number of carbonyl (C=O) groups excluding carboxylic acids is 2. The Labute approximate surface area is 170 Å². The highest BCUT2D eigenvalue weighted by Crippen LogP contribution is 2.18. The zero-order valence-electron chi connectivity index (χ0n) is 16.0. The Balaban J connectivity index is 1.56. The first-order valence-corrected chi connectivity index (χ1v) is 9.52. The lowest BCUT2D eigenvalue weighted by molar-refractivity contribution is -0.127. The monoisotopic (exact) mass is 398 g/mol. The van der Waals surface area contributed by atoms with Gasteiger partial charge < -0.3 is 14.5 Å². The highest BCUT2D eigenvalue weighted by Gasteiger charge is 2.24. The summed E-state index contributed by atoms with van der Waals surface area (Å²) in [4.78, 5) is 28.6. The predicted molar refractivity (Wildman–Crippen MR) is 111 cm³/mol. The average Bonchev–Trinajstić information content (AvgIpc) is 2.74. The second-order valence-electron chi connectivity index (χ2n) is 6.69. The molecule has 0 aliphatic carbocycles. The van der Waals surface area contributed by atoms with Crippen molar-refractivity contribution >= 4 is 29.5 Å². The van der Waals surface area contributed by atoms with Crippen LogP contribution in [-0.2, 0) is 4.79 Å². The summed E-state index contributed by atoms with van der Waals surface area (Å²) in [5, 5.41) is 0.680. The highest BCUT2D eigenvalue weighted by atomic mass is 35.5. The number of halogens is 1. The van der Waals surface area contributed by atoms with Crippen molar-refractivity contribution in [2.45, 2.75) is 6.92 Å². The Kier molecular flexibility index (Phi) is 6.37. The van der Waals surface area contributed by atoms with Crippen molar-refractivity contribution in [1.82, 2.24) is 9.80 Å². The van der Waals surface area contributed by atoms with E-state index in [2.05, 4.69) is 0 Å². The van der Waals surface area contributed by atoms with Gasteiger partial charge in [-0.2, -0.15) is 0 Å². The van der Waals surface area contributed by atoms with Crippen LogP contribution < -0.4 is 4.74 Å². The molecule has 1 saturated heterocycles. The van der Waals surface area contributed by atoms with E-state index in [1.807, 2.05) is 25.1 Å². The van der Waals surface area contributed by atoms with E-state index < -0.39 is 0 Å². The topological polar surface area (TPSA) is 49.9 Å². The minimum absolute atomic E-state index is 0.0455. The van der Waals surface area contributed by atoms with Gasteiger partial charge >= 0.3 is 0 Å². The molecule has 0 unspecified atom stereocenters. The third-order valence-corrected chi connectivity index (χ3v) is 5.22. The number of carbonyl (C=O) groups is 2. The smallest absolute Gasteiger partial charge is 0.254 e. The number of ether oxygens (including phenoxy) is 1. The van der Waals surface area contributed by atoms with E-state index in [4.69, 9.17) is 16.3 Å². The number of amides is 2. The third kappa shape index (κ3) is 4.73. The average molecular weight is 399 g/mol. The molecule has 28 heavy (non-hydrogen) atoms. The van der Waals surface area contributed by atoms with Crippen LogP contribution in [0.25, 0.3) is 6.08 Å². The standard InChI is InChI=1S/C22H23ClN2O3/c1-16-6-7-17(14-20(16)23)8-9-21(26)24-10-12-25(13-11-24)22(27)18-4-3-5-19(15-18)28-2/h3-9,14-15H,10-13H2,1-2H3/b9-8+. The van der Waals surface area contributed by atoms with Crippen LogP contribution in [0.5, 0.6) is 5.75 Å². The molecule has 0 aromatic heterocycles. The van der Waals surface area contributed by atoms with Crippen molar-refractivity contribution in [3.8, 4) is 5.75 Å². The summed E-state index contributed by atoms with van der Waals surface area (Å²) in [6, 6.07) is 12.8. The summed E-state index contributed by atoms with van der Waals surface area (Å²) >= 11 is 6.12. The first-order chi connectivity index (χ1) is 13.5. The summed E-state index contributed by atoms with van der Waals surface area (Å²) in [6.07, 6.45) is 3.32. The molecule has 0 bridgehead atoms. The van der Waals surface area contributed by atoms with E-state index in [0.29, 0.717) is 42.5 Å². The maximum absolute atomic E-state index is 12.7. The predicted octanol–water partition coefficient (Wildman–Crippen LogP) is 3.65. The Morgan fingerprint density at radius 3 is 2.43 bits per heavy atom. The van der Waals surface area contributed by atoms with Crippen molar-refractivity contribution in [3.63, 3.8) is 0 Å². The fraction of sp³-hybridized carbons (Fsp3) is 0.273. The second kappa shape index (κ2) is 8.93. The Hall–Kier alpha value is -2.79. The van der Waals surface area contributed by atoms with Crippen molar-refractivity contribution in [1.29, 1.82) is 0 Å². The van der Waals surface area contributed by atoms with Crippen molar-refractivity contribution in [2.24, 2.45) is 0 Å². The van der Waals surface area contributed by atoms with Gasteiger partial charge in [0.1, 0.15) is 5.75 Å². The van der Waals surface area contributed by atoms with Gasteiger partial charge in [-0.3, -0.25) is 9.59 Å². The van der Waals surface area contributed by atoms with Gasteiger partial charge in [-0.15, -0.1) is 0 Å². The molecule has 0 radical (unpaired) electrons. The van der Waals surface area contributed by atoms with E-state index in [1.54, 1.807) is 53.3 Å². The number of benzene rings is 2. The summed E-state index contributed by atoms with van der Waals surface area (Å²) in [5.74, 6) is 0.544. The summed E-state index contributed by atoms with van der Waals surface area (Å²) in [6.45, 7) is 3.96. The van der Waals surface area contributed by atoms with Gasteiger partial charge in [0.15, 0.2) is 0 Å². The van der Waals surface area contributed by atoms with Crippen LogP contribution in [0.15, 0.2) is 48.5 Å². The van der Waals surface area contributed by atoms with E-state index in [9.17, 15) is 9.59 Å². The Morgan fingerprint density at radius 2 is 1.75 bits per heavy atom. The van der Waals surface area contributed by atoms with Crippen LogP contribution in [0.2, 0.25) is 5.02 Å². The first kappa shape index (κ1) is 20.0. The molecule has 2 amide bonds. The van der Waals surface area contributed by atoms with Crippen LogP contribution >= 0.6 is 11.6 Å². The van der Waals surface area contributed by atoms with Crippen LogP contribution in [0.1, 0.15) is 21.5 Å². The molecule has 1 aliphatic heterocycles. The second-order valence-corrected chi connectivity index (χ2v) is 7.10. The van der Waals surface area contributed by atoms with Gasteiger partial charge in [-0.1, -0.05) is 29.8 Å². The van der Waals surface area contributed by atoms with Gasteiger partial charge in [0.25, 0.3) is 5.91 Å².